The number of nitrogens with zero attached hydrogens (tertiary/aromatic N) is 3. The minimum absolute atomic E-state index is 0.0166. The van der Waals surface area contributed by atoms with Crippen LogP contribution in [-0.4, -0.2) is 33.9 Å². The topological polar surface area (TPSA) is 88.3 Å². The number of hydrogen-bond acceptors (Lipinski definition) is 5. The van der Waals surface area contributed by atoms with Crippen LogP contribution in [0.4, 0.5) is 5.69 Å². The number of fused-ring (bicyclic) bond motifs is 1. The third-order valence-corrected chi connectivity index (χ3v) is 5.90. The normalized spacial score (nSPS) is 13.2. The highest BCUT2D eigenvalue weighted by Gasteiger charge is 2.29. The summed E-state index contributed by atoms with van der Waals surface area (Å²) in [6, 6.07) is 19.0. The van der Waals surface area contributed by atoms with Gasteiger partial charge in [0.15, 0.2) is 0 Å². The van der Waals surface area contributed by atoms with Crippen LogP contribution >= 0.6 is 0 Å². The number of benzene rings is 2. The molecular formula is C26H24N4O3. The second-order valence-electron chi connectivity index (χ2n) is 8.48. The van der Waals surface area contributed by atoms with Gasteiger partial charge in [0.2, 0.25) is 5.91 Å². The zero-order valence-electron chi connectivity index (χ0n) is 18.5. The van der Waals surface area contributed by atoms with E-state index in [1.807, 2.05) is 60.7 Å². The molecule has 33 heavy (non-hydrogen) atoms. The molecular weight excluding hydrogens is 416 g/mol. The third-order valence-electron chi connectivity index (χ3n) is 5.90. The quantitative estimate of drug-likeness (QED) is 0.456. The molecule has 7 heteroatoms. The van der Waals surface area contributed by atoms with E-state index in [-0.39, 0.29) is 11.8 Å². The molecule has 0 radical (unpaired) electrons. The summed E-state index contributed by atoms with van der Waals surface area (Å²) in [6.45, 7) is 2.00. The largest absolute Gasteiger partial charge is 0.342 e. The summed E-state index contributed by atoms with van der Waals surface area (Å²) in [5, 5.41) is 7.86. The van der Waals surface area contributed by atoms with Crippen molar-refractivity contribution in [2.45, 2.75) is 32.2 Å². The molecule has 1 aliphatic carbocycles. The van der Waals surface area contributed by atoms with Gasteiger partial charge in [0.25, 0.3) is 11.6 Å². The Morgan fingerprint density at radius 2 is 1.88 bits per heavy atom. The fourth-order valence-corrected chi connectivity index (χ4v) is 3.86. The van der Waals surface area contributed by atoms with Crippen molar-refractivity contribution in [3.63, 3.8) is 0 Å². The molecule has 0 atom stereocenters. The molecule has 0 bridgehead atoms. The smallest absolute Gasteiger partial charge is 0.259 e. The van der Waals surface area contributed by atoms with Crippen LogP contribution in [0, 0.1) is 0 Å². The van der Waals surface area contributed by atoms with Crippen molar-refractivity contribution in [1.82, 2.24) is 15.0 Å². The Balaban J connectivity index is 1.52. The van der Waals surface area contributed by atoms with Gasteiger partial charge in [0.1, 0.15) is 5.69 Å². The average molecular weight is 441 g/mol. The molecule has 0 spiro atoms. The van der Waals surface area contributed by atoms with Crippen molar-refractivity contribution in [2.75, 3.05) is 12.4 Å². The van der Waals surface area contributed by atoms with E-state index in [9.17, 15) is 9.59 Å². The lowest BCUT2D eigenvalue weighted by Gasteiger charge is -2.15. The first kappa shape index (κ1) is 20.9. The molecule has 1 N–H and O–H groups in total. The third kappa shape index (κ3) is 4.35. The van der Waals surface area contributed by atoms with Gasteiger partial charge in [-0.15, -0.1) is 0 Å². The standard InChI is InChI=1S/C26H24N4O3/c1-16(31)30(2)15-17-7-6-10-20(13-17)27-25(32)21-14-22(18-11-12-18)28-26-23(21)24(29-33-26)19-8-4-3-5-9-19/h3-10,13-14,18H,11-12,15H2,1-2H3,(H,27,32). The molecule has 0 aliphatic heterocycles. The molecule has 2 heterocycles. The molecule has 0 unspecified atom stereocenters. The summed E-state index contributed by atoms with van der Waals surface area (Å²) in [6.07, 6.45) is 2.12. The van der Waals surface area contributed by atoms with E-state index in [1.165, 1.54) is 6.92 Å². The predicted molar refractivity (Wildman–Crippen MR) is 126 cm³/mol. The highest BCUT2D eigenvalue weighted by molar-refractivity contribution is 6.14. The van der Waals surface area contributed by atoms with Gasteiger partial charge in [-0.2, -0.15) is 0 Å². The molecule has 7 nitrogen and oxygen atoms in total. The summed E-state index contributed by atoms with van der Waals surface area (Å²) >= 11 is 0. The zero-order chi connectivity index (χ0) is 22.9. The van der Waals surface area contributed by atoms with Crippen molar-refractivity contribution in [3.8, 4) is 11.3 Å². The van der Waals surface area contributed by atoms with Crippen LogP contribution in [0.25, 0.3) is 22.4 Å². The number of carbonyl (C=O) groups is 2. The lowest BCUT2D eigenvalue weighted by molar-refractivity contribution is -0.128. The monoisotopic (exact) mass is 440 g/mol. The minimum atomic E-state index is -0.248. The number of amides is 2. The maximum absolute atomic E-state index is 13.5. The summed E-state index contributed by atoms with van der Waals surface area (Å²) in [4.78, 5) is 31.3. The van der Waals surface area contributed by atoms with Crippen molar-refractivity contribution >= 4 is 28.6 Å². The van der Waals surface area contributed by atoms with Crippen molar-refractivity contribution < 1.29 is 14.1 Å². The summed E-state index contributed by atoms with van der Waals surface area (Å²) < 4.78 is 5.57. The number of carbonyl (C=O) groups excluding carboxylic acids is 2. The molecule has 0 saturated heterocycles. The van der Waals surface area contributed by atoms with Gasteiger partial charge in [0, 0.05) is 43.4 Å². The van der Waals surface area contributed by atoms with E-state index in [4.69, 9.17) is 4.52 Å². The van der Waals surface area contributed by atoms with Gasteiger partial charge in [0.05, 0.1) is 10.9 Å². The Labute approximate surface area is 191 Å². The lowest BCUT2D eigenvalue weighted by atomic mass is 10.0. The summed E-state index contributed by atoms with van der Waals surface area (Å²) in [7, 11) is 1.75. The molecule has 2 aromatic heterocycles. The zero-order valence-corrected chi connectivity index (χ0v) is 18.5. The fourth-order valence-electron chi connectivity index (χ4n) is 3.86. The second kappa shape index (κ2) is 8.50. The Bertz CT molecular complexity index is 1340. The maximum atomic E-state index is 13.5. The van der Waals surface area contributed by atoms with E-state index in [0.717, 1.165) is 29.7 Å². The highest BCUT2D eigenvalue weighted by atomic mass is 16.5. The van der Waals surface area contributed by atoms with E-state index in [0.29, 0.717) is 40.5 Å². The van der Waals surface area contributed by atoms with Crippen molar-refractivity contribution in [2.24, 2.45) is 0 Å². The molecule has 4 aromatic rings. The number of rotatable bonds is 6. The highest BCUT2D eigenvalue weighted by Crippen LogP contribution is 2.41. The van der Waals surface area contributed by atoms with Gasteiger partial charge in [-0.25, -0.2) is 4.98 Å². The lowest BCUT2D eigenvalue weighted by Crippen LogP contribution is -2.23. The number of anilines is 1. The van der Waals surface area contributed by atoms with Crippen LogP contribution in [0.15, 0.2) is 65.2 Å². The van der Waals surface area contributed by atoms with Gasteiger partial charge < -0.3 is 14.7 Å². The molecule has 5 rings (SSSR count). The summed E-state index contributed by atoms with van der Waals surface area (Å²) in [5.74, 6) is 0.0931. The maximum Gasteiger partial charge on any atom is 0.259 e. The molecule has 2 amide bonds. The predicted octanol–water partition coefficient (Wildman–Crippen LogP) is 5.00. The van der Waals surface area contributed by atoms with Crippen LogP contribution in [0.3, 0.4) is 0 Å². The van der Waals surface area contributed by atoms with Gasteiger partial charge in [-0.1, -0.05) is 47.6 Å². The number of pyridine rings is 1. The Morgan fingerprint density at radius 1 is 1.09 bits per heavy atom. The fraction of sp³-hybridized carbons (Fsp3) is 0.231. The molecule has 1 aliphatic rings. The average Bonchev–Trinajstić information content (AvgIpc) is 3.58. The SMILES string of the molecule is CC(=O)N(C)Cc1cccc(NC(=O)c2cc(C3CC3)nc3onc(-c4ccccc4)c23)c1. The van der Waals surface area contributed by atoms with E-state index < -0.39 is 0 Å². The van der Waals surface area contributed by atoms with Crippen molar-refractivity contribution in [1.29, 1.82) is 0 Å². The molecule has 1 fully saturated rings. The van der Waals surface area contributed by atoms with Crippen LogP contribution in [0.1, 0.15) is 47.3 Å². The Hall–Kier alpha value is -4.00. The summed E-state index contributed by atoms with van der Waals surface area (Å²) in [5.41, 5.74) is 4.78. The van der Waals surface area contributed by atoms with Crippen LogP contribution in [0.2, 0.25) is 0 Å². The first-order chi connectivity index (χ1) is 16.0. The van der Waals surface area contributed by atoms with Gasteiger partial charge >= 0.3 is 0 Å². The van der Waals surface area contributed by atoms with Crippen LogP contribution < -0.4 is 5.32 Å². The first-order valence-electron chi connectivity index (χ1n) is 11.0. The molecule has 166 valence electrons. The number of hydrogen-bond donors (Lipinski definition) is 1. The van der Waals surface area contributed by atoms with Crippen LogP contribution in [0.5, 0.6) is 0 Å². The molecule has 1 saturated carbocycles. The van der Waals surface area contributed by atoms with E-state index >= 15 is 0 Å². The Kier molecular flexibility index (Phi) is 5.38. The van der Waals surface area contributed by atoms with Gasteiger partial charge in [-0.05, 0) is 36.6 Å². The van der Waals surface area contributed by atoms with E-state index in [1.54, 1.807) is 11.9 Å². The minimum Gasteiger partial charge on any atom is -0.342 e. The molecule has 2 aromatic carbocycles. The van der Waals surface area contributed by atoms with Crippen LogP contribution in [-0.2, 0) is 11.3 Å². The second-order valence-corrected chi connectivity index (χ2v) is 8.48. The number of nitrogens with one attached hydrogen (secondary N) is 1. The Morgan fingerprint density at radius 3 is 2.61 bits per heavy atom. The van der Waals surface area contributed by atoms with E-state index in [2.05, 4.69) is 15.5 Å². The first-order valence-corrected chi connectivity index (χ1v) is 11.0. The van der Waals surface area contributed by atoms with Gasteiger partial charge in [-0.3, -0.25) is 9.59 Å². The van der Waals surface area contributed by atoms with Crippen molar-refractivity contribution in [3.05, 3.63) is 77.5 Å². The number of aromatic nitrogens is 2.